The third-order valence-electron chi connectivity index (χ3n) is 5.07. The van der Waals surface area contributed by atoms with E-state index in [1.165, 1.54) is 4.57 Å². The van der Waals surface area contributed by atoms with Crippen LogP contribution in [0.5, 0.6) is 0 Å². The predicted octanol–water partition coefficient (Wildman–Crippen LogP) is 3.37. The number of nitrogens with one attached hydrogen (secondary N) is 1. The van der Waals surface area contributed by atoms with Gasteiger partial charge in [-0.3, -0.25) is 18.7 Å². The topological polar surface area (TPSA) is 90.9 Å². The highest BCUT2D eigenvalue weighted by Crippen LogP contribution is 2.22. The number of benzene rings is 2. The van der Waals surface area contributed by atoms with Gasteiger partial charge in [0.05, 0.1) is 23.6 Å². The monoisotopic (exact) mass is 471 g/mol. The van der Waals surface area contributed by atoms with Crippen LogP contribution in [-0.2, 0) is 24.4 Å². The minimum Gasteiger partial charge on any atom is -0.309 e. The number of nitrogens with zero attached hydrogens (tertiary/aromatic N) is 4. The van der Waals surface area contributed by atoms with Crippen LogP contribution in [0.15, 0.2) is 64.3 Å². The van der Waals surface area contributed by atoms with E-state index in [1.54, 1.807) is 66.3 Å². The molecular weight excluding hydrogens is 453 g/mol. The van der Waals surface area contributed by atoms with Gasteiger partial charge >= 0.3 is 5.69 Å². The van der Waals surface area contributed by atoms with Crippen LogP contribution < -0.4 is 16.6 Å². The predicted molar refractivity (Wildman–Crippen MR) is 125 cm³/mol. The Balaban J connectivity index is 1.61. The summed E-state index contributed by atoms with van der Waals surface area (Å²) >= 11 is 12.2. The van der Waals surface area contributed by atoms with Gasteiger partial charge in [-0.2, -0.15) is 5.10 Å². The molecule has 1 amide bonds. The number of halogens is 2. The fourth-order valence-electron chi connectivity index (χ4n) is 3.50. The average molecular weight is 472 g/mol. The van der Waals surface area contributed by atoms with Gasteiger partial charge in [-0.05, 0) is 36.8 Å². The van der Waals surface area contributed by atoms with Crippen LogP contribution in [0.4, 0.5) is 5.82 Å². The van der Waals surface area contributed by atoms with E-state index in [0.29, 0.717) is 33.3 Å². The van der Waals surface area contributed by atoms with Crippen molar-refractivity contribution < 1.29 is 4.79 Å². The first-order valence-electron chi connectivity index (χ1n) is 9.87. The minimum absolute atomic E-state index is 0.207. The summed E-state index contributed by atoms with van der Waals surface area (Å²) in [5.41, 5.74) is 0.284. The summed E-state index contributed by atoms with van der Waals surface area (Å²) in [5, 5.41) is 8.41. The number of carbonyl (C=O) groups is 1. The average Bonchev–Trinajstić information content (AvgIpc) is 3.20. The first-order chi connectivity index (χ1) is 15.4. The lowest BCUT2D eigenvalue weighted by Gasteiger charge is -2.14. The lowest BCUT2D eigenvalue weighted by molar-refractivity contribution is -0.116. The molecule has 0 aliphatic carbocycles. The SMILES string of the molecule is CCn1c(=O)c2ccccc2n(CC(=O)Nc2ccnn2Cc2ccc(Cl)cc2Cl)c1=O. The number of fused-ring (bicyclic) bond motifs is 1. The van der Waals surface area contributed by atoms with Crippen molar-refractivity contribution >= 4 is 45.8 Å². The Morgan fingerprint density at radius 1 is 1.06 bits per heavy atom. The van der Waals surface area contributed by atoms with Crippen LogP contribution in [0.3, 0.4) is 0 Å². The summed E-state index contributed by atoms with van der Waals surface area (Å²) in [6.45, 7) is 1.98. The molecule has 164 valence electrons. The van der Waals surface area contributed by atoms with Gasteiger partial charge in [0.2, 0.25) is 5.91 Å². The fraction of sp³-hybridized carbons (Fsp3) is 0.182. The number of rotatable bonds is 6. The number of hydrogen-bond donors (Lipinski definition) is 1. The Kier molecular flexibility index (Phi) is 6.16. The number of amides is 1. The lowest BCUT2D eigenvalue weighted by atomic mass is 10.2. The molecular formula is C22H19Cl2N5O3. The molecule has 0 aliphatic heterocycles. The van der Waals surface area contributed by atoms with Crippen molar-refractivity contribution in [3.05, 3.63) is 91.2 Å². The van der Waals surface area contributed by atoms with Gasteiger partial charge in [0.25, 0.3) is 5.56 Å². The van der Waals surface area contributed by atoms with Crippen molar-refractivity contribution in [1.82, 2.24) is 18.9 Å². The molecule has 4 rings (SSSR count). The Bertz CT molecular complexity index is 1440. The van der Waals surface area contributed by atoms with E-state index < -0.39 is 11.6 Å². The molecule has 0 saturated heterocycles. The van der Waals surface area contributed by atoms with E-state index in [4.69, 9.17) is 23.2 Å². The summed E-state index contributed by atoms with van der Waals surface area (Å²) in [6.07, 6.45) is 1.55. The Morgan fingerprint density at radius 2 is 1.84 bits per heavy atom. The maximum absolute atomic E-state index is 12.8. The standard InChI is InChI=1S/C22H19Cl2N5O3/c1-2-27-21(31)16-5-3-4-6-18(16)28(22(27)32)13-20(30)26-19-9-10-25-29(19)12-14-7-8-15(23)11-17(14)24/h3-11H,2,12-13H2,1H3,(H,26,30). The molecule has 2 aromatic carbocycles. The molecule has 0 radical (unpaired) electrons. The lowest BCUT2D eigenvalue weighted by Crippen LogP contribution is -2.41. The van der Waals surface area contributed by atoms with E-state index in [9.17, 15) is 14.4 Å². The van der Waals surface area contributed by atoms with E-state index in [0.717, 1.165) is 10.1 Å². The van der Waals surface area contributed by atoms with E-state index >= 15 is 0 Å². The molecule has 0 unspecified atom stereocenters. The van der Waals surface area contributed by atoms with E-state index in [1.807, 2.05) is 0 Å². The second-order valence-electron chi connectivity index (χ2n) is 7.09. The highest BCUT2D eigenvalue weighted by molar-refractivity contribution is 6.35. The van der Waals surface area contributed by atoms with Crippen molar-refractivity contribution in [2.24, 2.45) is 0 Å². The molecule has 0 atom stereocenters. The van der Waals surface area contributed by atoms with Gasteiger partial charge < -0.3 is 5.32 Å². The van der Waals surface area contributed by atoms with Gasteiger partial charge in [0.1, 0.15) is 12.4 Å². The number of para-hydroxylation sites is 1. The molecule has 2 heterocycles. The van der Waals surface area contributed by atoms with Gasteiger partial charge in [0.15, 0.2) is 0 Å². The molecule has 0 aliphatic rings. The molecule has 32 heavy (non-hydrogen) atoms. The second kappa shape index (κ2) is 9.02. The smallest absolute Gasteiger partial charge is 0.309 e. The first kappa shape index (κ1) is 21.9. The quantitative estimate of drug-likeness (QED) is 0.466. The van der Waals surface area contributed by atoms with Crippen molar-refractivity contribution in [3.8, 4) is 0 Å². The third-order valence-corrected chi connectivity index (χ3v) is 5.66. The first-order valence-corrected chi connectivity index (χ1v) is 10.6. The van der Waals surface area contributed by atoms with Crippen LogP contribution in [0, 0.1) is 0 Å². The maximum atomic E-state index is 12.8. The van der Waals surface area contributed by atoms with Crippen molar-refractivity contribution in [2.75, 3.05) is 5.32 Å². The van der Waals surface area contributed by atoms with Crippen LogP contribution in [0.1, 0.15) is 12.5 Å². The third kappa shape index (κ3) is 4.19. The Morgan fingerprint density at radius 3 is 2.59 bits per heavy atom. The molecule has 2 aromatic heterocycles. The zero-order chi connectivity index (χ0) is 22.8. The maximum Gasteiger partial charge on any atom is 0.331 e. The molecule has 1 N–H and O–H groups in total. The van der Waals surface area contributed by atoms with Gasteiger partial charge in [-0.15, -0.1) is 0 Å². The molecule has 0 saturated carbocycles. The van der Waals surface area contributed by atoms with Crippen molar-refractivity contribution in [3.63, 3.8) is 0 Å². The van der Waals surface area contributed by atoms with Gasteiger partial charge in [-0.1, -0.05) is 41.4 Å². The zero-order valence-electron chi connectivity index (χ0n) is 17.1. The van der Waals surface area contributed by atoms with Gasteiger partial charge in [0, 0.05) is 22.7 Å². The largest absolute Gasteiger partial charge is 0.331 e. The minimum atomic E-state index is -0.534. The van der Waals surface area contributed by atoms with Crippen molar-refractivity contribution in [2.45, 2.75) is 26.6 Å². The summed E-state index contributed by atoms with van der Waals surface area (Å²) in [5.74, 6) is 0.0182. The number of aromatic nitrogens is 4. The van der Waals surface area contributed by atoms with Crippen molar-refractivity contribution in [1.29, 1.82) is 0 Å². The molecule has 0 bridgehead atoms. The summed E-state index contributed by atoms with van der Waals surface area (Å²) < 4.78 is 4.00. The Hall–Kier alpha value is -3.36. The van der Waals surface area contributed by atoms with Crippen LogP contribution in [0.25, 0.3) is 10.9 Å². The number of carbonyl (C=O) groups excluding carboxylic acids is 1. The molecule has 10 heteroatoms. The van der Waals surface area contributed by atoms with E-state index in [-0.39, 0.29) is 18.6 Å². The van der Waals surface area contributed by atoms with Gasteiger partial charge in [-0.25, -0.2) is 9.48 Å². The van der Waals surface area contributed by atoms with Crippen LogP contribution >= 0.6 is 23.2 Å². The zero-order valence-corrected chi connectivity index (χ0v) is 18.6. The number of hydrogen-bond acceptors (Lipinski definition) is 4. The molecule has 4 aromatic rings. The fourth-order valence-corrected chi connectivity index (χ4v) is 3.97. The highest BCUT2D eigenvalue weighted by Gasteiger charge is 2.16. The van der Waals surface area contributed by atoms with Crippen LogP contribution in [0.2, 0.25) is 10.0 Å². The number of anilines is 1. The molecule has 0 spiro atoms. The Labute approximate surface area is 192 Å². The van der Waals surface area contributed by atoms with E-state index in [2.05, 4.69) is 10.4 Å². The second-order valence-corrected chi connectivity index (χ2v) is 7.94. The summed E-state index contributed by atoms with van der Waals surface area (Å²) in [6, 6.07) is 13.5. The molecule has 8 nitrogen and oxygen atoms in total. The van der Waals surface area contributed by atoms with Crippen LogP contribution in [-0.4, -0.2) is 24.8 Å². The normalized spacial score (nSPS) is 11.1. The highest BCUT2D eigenvalue weighted by atomic mass is 35.5. The molecule has 0 fully saturated rings. The summed E-state index contributed by atoms with van der Waals surface area (Å²) in [4.78, 5) is 38.2. The summed E-state index contributed by atoms with van der Waals surface area (Å²) in [7, 11) is 0.